The molecule has 0 bridgehead atoms. The predicted octanol–water partition coefficient (Wildman–Crippen LogP) is 3.50. The van der Waals surface area contributed by atoms with Crippen molar-refractivity contribution < 1.29 is 9.31 Å². The van der Waals surface area contributed by atoms with Crippen LogP contribution in [0.4, 0.5) is 21.5 Å². The lowest BCUT2D eigenvalue weighted by Gasteiger charge is -2.19. The van der Waals surface area contributed by atoms with E-state index in [1.54, 1.807) is 24.1 Å². The molecule has 0 atom stereocenters. The van der Waals surface area contributed by atoms with Gasteiger partial charge in [0.2, 0.25) is 5.82 Å². The van der Waals surface area contributed by atoms with E-state index in [-0.39, 0.29) is 5.69 Å². The van der Waals surface area contributed by atoms with Gasteiger partial charge in [-0.25, -0.2) is 0 Å². The normalized spacial score (nSPS) is 10.1. The number of nitro benzene ring substituents is 1. The highest BCUT2D eigenvalue weighted by molar-refractivity contribution is 5.71. The second-order valence-electron chi connectivity index (χ2n) is 3.76. The van der Waals surface area contributed by atoms with Crippen molar-refractivity contribution in [1.82, 2.24) is 0 Å². The first kappa shape index (κ1) is 12.0. The average molecular weight is 246 g/mol. The average Bonchev–Trinajstić information content (AvgIpc) is 2.38. The molecule has 2 rings (SSSR count). The summed E-state index contributed by atoms with van der Waals surface area (Å²) in [5.41, 5.74) is 0.473. The first-order chi connectivity index (χ1) is 8.61. The van der Waals surface area contributed by atoms with Crippen molar-refractivity contribution >= 4 is 17.1 Å². The van der Waals surface area contributed by atoms with Gasteiger partial charge in [-0.05, 0) is 24.3 Å². The largest absolute Gasteiger partial charge is 0.339 e. The zero-order valence-corrected chi connectivity index (χ0v) is 9.71. The fourth-order valence-electron chi connectivity index (χ4n) is 1.75. The monoisotopic (exact) mass is 246 g/mol. The molecule has 0 aliphatic heterocycles. The quantitative estimate of drug-likeness (QED) is 0.615. The summed E-state index contributed by atoms with van der Waals surface area (Å²) in [5.74, 6) is -0.833. The van der Waals surface area contributed by atoms with Gasteiger partial charge in [0, 0.05) is 12.7 Å². The fraction of sp³-hybridized carbons (Fsp3) is 0.0769. The van der Waals surface area contributed by atoms with Crippen LogP contribution in [0.1, 0.15) is 0 Å². The molecule has 4 nitrogen and oxygen atoms in total. The number of para-hydroxylation sites is 2. The van der Waals surface area contributed by atoms with E-state index in [0.717, 1.165) is 11.8 Å². The second-order valence-corrected chi connectivity index (χ2v) is 3.76. The Morgan fingerprint density at radius 3 is 2.39 bits per heavy atom. The Morgan fingerprint density at radius 1 is 1.11 bits per heavy atom. The zero-order chi connectivity index (χ0) is 13.1. The number of hydrogen-bond donors (Lipinski definition) is 0. The number of nitrogens with zero attached hydrogens (tertiary/aromatic N) is 2. The van der Waals surface area contributed by atoms with Gasteiger partial charge in [0.25, 0.3) is 0 Å². The zero-order valence-electron chi connectivity index (χ0n) is 9.71. The Balaban J connectivity index is 2.52. The maximum Gasteiger partial charge on any atom is 0.328 e. The highest BCUT2D eigenvalue weighted by Crippen LogP contribution is 2.33. The van der Waals surface area contributed by atoms with Gasteiger partial charge in [0.1, 0.15) is 5.69 Å². The third-order valence-electron chi connectivity index (χ3n) is 2.65. The van der Waals surface area contributed by atoms with Crippen LogP contribution in [0.15, 0.2) is 48.5 Å². The maximum atomic E-state index is 13.5. The Hall–Kier alpha value is -2.43. The highest BCUT2D eigenvalue weighted by Gasteiger charge is 2.22. The molecule has 0 amide bonds. The van der Waals surface area contributed by atoms with Crippen LogP contribution in [-0.2, 0) is 0 Å². The highest BCUT2D eigenvalue weighted by atomic mass is 19.1. The molecule has 0 fully saturated rings. The predicted molar refractivity (Wildman–Crippen MR) is 67.6 cm³/mol. The second kappa shape index (κ2) is 4.83. The molecule has 0 saturated heterocycles. The molecule has 0 aliphatic rings. The number of rotatable bonds is 3. The van der Waals surface area contributed by atoms with Gasteiger partial charge in [0.05, 0.1) is 4.92 Å². The summed E-state index contributed by atoms with van der Waals surface area (Å²) in [6.07, 6.45) is 0. The van der Waals surface area contributed by atoms with Gasteiger partial charge in [0.15, 0.2) is 0 Å². The van der Waals surface area contributed by atoms with Crippen molar-refractivity contribution in [1.29, 1.82) is 0 Å². The molecular weight excluding hydrogens is 235 g/mol. The summed E-state index contributed by atoms with van der Waals surface area (Å²) in [6.45, 7) is 0. The molecule has 2 aromatic carbocycles. The Labute approximate surface area is 103 Å². The molecule has 0 heterocycles. The molecule has 0 aliphatic carbocycles. The Bertz CT molecular complexity index is 572. The van der Waals surface area contributed by atoms with E-state index in [1.807, 2.05) is 18.2 Å². The van der Waals surface area contributed by atoms with Gasteiger partial charge in [-0.2, -0.15) is 4.39 Å². The van der Waals surface area contributed by atoms with E-state index in [4.69, 9.17) is 0 Å². The number of hydrogen-bond acceptors (Lipinski definition) is 3. The van der Waals surface area contributed by atoms with Crippen LogP contribution in [0.2, 0.25) is 0 Å². The van der Waals surface area contributed by atoms with E-state index in [9.17, 15) is 14.5 Å². The van der Waals surface area contributed by atoms with Crippen LogP contribution in [-0.4, -0.2) is 12.0 Å². The van der Waals surface area contributed by atoms with E-state index >= 15 is 0 Å². The third-order valence-corrected chi connectivity index (χ3v) is 2.65. The van der Waals surface area contributed by atoms with Crippen LogP contribution >= 0.6 is 0 Å². The lowest BCUT2D eigenvalue weighted by atomic mass is 10.2. The summed E-state index contributed by atoms with van der Waals surface area (Å²) in [7, 11) is 1.66. The summed E-state index contributed by atoms with van der Waals surface area (Å²) in [6, 6.07) is 13.1. The van der Waals surface area contributed by atoms with Crippen molar-refractivity contribution in [2.45, 2.75) is 0 Å². The summed E-state index contributed by atoms with van der Waals surface area (Å²) in [4.78, 5) is 11.8. The smallest absolute Gasteiger partial charge is 0.328 e. The minimum absolute atomic E-state index is 0.228. The number of halogens is 1. The molecule has 92 valence electrons. The van der Waals surface area contributed by atoms with Gasteiger partial charge in [-0.15, -0.1) is 0 Å². The van der Waals surface area contributed by atoms with E-state index in [1.165, 1.54) is 12.1 Å². The minimum atomic E-state index is -0.833. The van der Waals surface area contributed by atoms with E-state index in [0.29, 0.717) is 0 Å². The van der Waals surface area contributed by atoms with Crippen LogP contribution in [0, 0.1) is 15.9 Å². The van der Waals surface area contributed by atoms with Crippen LogP contribution in [0.25, 0.3) is 0 Å². The minimum Gasteiger partial charge on any atom is -0.339 e. The fourth-order valence-corrected chi connectivity index (χ4v) is 1.75. The summed E-state index contributed by atoms with van der Waals surface area (Å²) >= 11 is 0. The van der Waals surface area contributed by atoms with Gasteiger partial charge in [-0.1, -0.05) is 24.3 Å². The molecule has 18 heavy (non-hydrogen) atoms. The lowest BCUT2D eigenvalue weighted by Crippen LogP contribution is -2.12. The standard InChI is InChI=1S/C13H11FN2O2/c1-15(10-6-3-2-4-7-10)12-9-5-8-11(14)13(12)16(17)18/h2-9H,1H3. The first-order valence-electron chi connectivity index (χ1n) is 5.33. The SMILES string of the molecule is CN(c1ccccc1)c1cccc(F)c1[N+](=O)[O-]. The molecule has 2 aromatic rings. The molecule has 0 spiro atoms. The molecular formula is C13H11FN2O2. The summed E-state index contributed by atoms with van der Waals surface area (Å²) < 4.78 is 13.5. The Kier molecular flexibility index (Phi) is 3.23. The van der Waals surface area contributed by atoms with E-state index < -0.39 is 16.4 Å². The molecule has 5 heteroatoms. The van der Waals surface area contributed by atoms with Crippen molar-refractivity contribution in [2.24, 2.45) is 0 Å². The molecule has 0 aromatic heterocycles. The van der Waals surface area contributed by atoms with Crippen molar-refractivity contribution in [3.63, 3.8) is 0 Å². The van der Waals surface area contributed by atoms with Crippen LogP contribution in [0.3, 0.4) is 0 Å². The van der Waals surface area contributed by atoms with Gasteiger partial charge >= 0.3 is 5.69 Å². The Morgan fingerprint density at radius 2 is 1.78 bits per heavy atom. The molecule has 0 radical (unpaired) electrons. The number of nitro groups is 1. The van der Waals surface area contributed by atoms with Crippen molar-refractivity contribution in [3.05, 3.63) is 64.5 Å². The molecule has 0 saturated carbocycles. The van der Waals surface area contributed by atoms with Crippen molar-refractivity contribution in [3.8, 4) is 0 Å². The maximum absolute atomic E-state index is 13.5. The number of benzene rings is 2. The van der Waals surface area contributed by atoms with E-state index in [2.05, 4.69) is 0 Å². The van der Waals surface area contributed by atoms with Crippen molar-refractivity contribution in [2.75, 3.05) is 11.9 Å². The van der Waals surface area contributed by atoms with Crippen LogP contribution in [0.5, 0.6) is 0 Å². The first-order valence-corrected chi connectivity index (χ1v) is 5.33. The lowest BCUT2D eigenvalue weighted by molar-refractivity contribution is -0.386. The molecule has 0 N–H and O–H groups in total. The topological polar surface area (TPSA) is 46.4 Å². The third kappa shape index (κ3) is 2.15. The molecule has 0 unspecified atom stereocenters. The van der Waals surface area contributed by atoms with Crippen LogP contribution < -0.4 is 4.90 Å². The number of anilines is 2. The van der Waals surface area contributed by atoms with Gasteiger partial charge in [-0.3, -0.25) is 10.1 Å². The summed E-state index contributed by atoms with van der Waals surface area (Å²) in [5, 5.41) is 10.9. The van der Waals surface area contributed by atoms with Gasteiger partial charge < -0.3 is 4.90 Å².